The smallest absolute Gasteiger partial charge is 0.254 e. The maximum atomic E-state index is 13.0. The molecular formula is C18H25N5O2. The molecule has 3 rings (SSSR count). The predicted molar refractivity (Wildman–Crippen MR) is 94.5 cm³/mol. The zero-order valence-corrected chi connectivity index (χ0v) is 14.8. The summed E-state index contributed by atoms with van der Waals surface area (Å²) in [5.74, 6) is 1.34. The Balaban J connectivity index is 1.72. The second-order valence-electron chi connectivity index (χ2n) is 6.52. The van der Waals surface area contributed by atoms with E-state index >= 15 is 0 Å². The van der Waals surface area contributed by atoms with Gasteiger partial charge in [0.1, 0.15) is 12.4 Å². The lowest BCUT2D eigenvalue weighted by Gasteiger charge is -2.34. The summed E-state index contributed by atoms with van der Waals surface area (Å²) in [7, 11) is 3.98. The van der Waals surface area contributed by atoms with Crippen molar-refractivity contribution in [1.82, 2.24) is 24.8 Å². The maximum absolute atomic E-state index is 13.0. The quantitative estimate of drug-likeness (QED) is 0.869. The average Bonchev–Trinajstić information content (AvgIpc) is 3.15. The minimum atomic E-state index is 0.000889. The summed E-state index contributed by atoms with van der Waals surface area (Å²) in [5.41, 5.74) is 0.605. The van der Waals surface area contributed by atoms with Crippen molar-refractivity contribution in [2.24, 2.45) is 0 Å². The number of carbonyl (C=O) groups excluding carboxylic acids is 1. The van der Waals surface area contributed by atoms with E-state index in [0.29, 0.717) is 18.1 Å². The Kier molecular flexibility index (Phi) is 5.65. The number of nitrogens with zero attached hydrogens (tertiary/aromatic N) is 4. The van der Waals surface area contributed by atoms with Crippen LogP contribution in [-0.4, -0.2) is 64.5 Å². The Morgan fingerprint density at radius 1 is 1.36 bits per heavy atom. The van der Waals surface area contributed by atoms with Gasteiger partial charge in [-0.1, -0.05) is 0 Å². The van der Waals surface area contributed by atoms with Gasteiger partial charge in [-0.05, 0) is 39.4 Å². The van der Waals surface area contributed by atoms with Crippen molar-refractivity contribution in [3.8, 4) is 5.88 Å². The number of aromatic nitrogens is 3. The second-order valence-corrected chi connectivity index (χ2v) is 6.52. The fourth-order valence-corrected chi connectivity index (χ4v) is 3.04. The number of likely N-dealkylation sites (tertiary alicyclic amines) is 1. The number of pyridine rings is 1. The van der Waals surface area contributed by atoms with E-state index in [9.17, 15) is 4.79 Å². The minimum absolute atomic E-state index is 0.000889. The molecule has 0 aliphatic carbocycles. The molecule has 25 heavy (non-hydrogen) atoms. The van der Waals surface area contributed by atoms with Crippen molar-refractivity contribution in [2.75, 3.05) is 33.8 Å². The molecule has 7 heteroatoms. The van der Waals surface area contributed by atoms with Crippen molar-refractivity contribution in [2.45, 2.75) is 25.3 Å². The van der Waals surface area contributed by atoms with Gasteiger partial charge in [0.25, 0.3) is 5.91 Å². The summed E-state index contributed by atoms with van der Waals surface area (Å²) < 4.78 is 5.65. The molecule has 0 spiro atoms. The first kappa shape index (κ1) is 17.4. The van der Waals surface area contributed by atoms with Crippen LogP contribution in [0.2, 0.25) is 0 Å². The number of likely N-dealkylation sites (N-methyl/N-ethyl adjacent to an activating group) is 1. The van der Waals surface area contributed by atoms with Crippen LogP contribution in [0, 0.1) is 0 Å². The van der Waals surface area contributed by atoms with E-state index in [1.807, 2.05) is 23.9 Å². The normalized spacial score (nSPS) is 17.7. The van der Waals surface area contributed by atoms with Crippen LogP contribution in [-0.2, 0) is 0 Å². The number of imidazole rings is 1. The van der Waals surface area contributed by atoms with Crippen molar-refractivity contribution < 1.29 is 9.53 Å². The zero-order chi connectivity index (χ0) is 17.6. The summed E-state index contributed by atoms with van der Waals surface area (Å²) in [6.07, 6.45) is 8.21. The molecule has 7 nitrogen and oxygen atoms in total. The van der Waals surface area contributed by atoms with Gasteiger partial charge in [0.15, 0.2) is 0 Å². The van der Waals surface area contributed by atoms with E-state index in [-0.39, 0.29) is 11.9 Å². The van der Waals surface area contributed by atoms with Gasteiger partial charge in [0, 0.05) is 43.3 Å². The molecule has 0 unspecified atom stereocenters. The van der Waals surface area contributed by atoms with Crippen LogP contribution in [0.3, 0.4) is 0 Å². The number of hydrogen-bond acceptors (Lipinski definition) is 5. The lowest BCUT2D eigenvalue weighted by Crippen LogP contribution is -2.39. The number of nitrogens with one attached hydrogen (secondary N) is 1. The van der Waals surface area contributed by atoms with Gasteiger partial charge in [-0.2, -0.15) is 0 Å². The number of ether oxygens (including phenoxy) is 1. The summed E-state index contributed by atoms with van der Waals surface area (Å²) >= 11 is 0. The van der Waals surface area contributed by atoms with Gasteiger partial charge in [0.05, 0.1) is 6.04 Å². The van der Waals surface area contributed by atoms with Gasteiger partial charge in [0.2, 0.25) is 5.88 Å². The second kappa shape index (κ2) is 8.11. The van der Waals surface area contributed by atoms with Crippen molar-refractivity contribution in [3.05, 3.63) is 42.1 Å². The Bertz CT molecular complexity index is 687. The Morgan fingerprint density at radius 3 is 3.00 bits per heavy atom. The first-order valence-electron chi connectivity index (χ1n) is 8.69. The Morgan fingerprint density at radius 2 is 2.24 bits per heavy atom. The summed E-state index contributed by atoms with van der Waals surface area (Å²) in [5, 5.41) is 0. The number of piperidine rings is 1. The Labute approximate surface area is 148 Å². The van der Waals surface area contributed by atoms with E-state index in [1.165, 1.54) is 0 Å². The van der Waals surface area contributed by atoms with Crippen LogP contribution < -0.4 is 4.74 Å². The lowest BCUT2D eigenvalue weighted by atomic mass is 10.0. The van der Waals surface area contributed by atoms with Gasteiger partial charge in [-0.3, -0.25) is 4.79 Å². The number of carbonyl (C=O) groups is 1. The molecule has 1 atom stereocenters. The SMILES string of the molecule is CN(C)CCOc1cc(C(=O)N2CCCC[C@H]2c2ncc[nH]2)ccn1. The highest BCUT2D eigenvalue weighted by Gasteiger charge is 2.30. The molecular weight excluding hydrogens is 318 g/mol. The van der Waals surface area contributed by atoms with Gasteiger partial charge >= 0.3 is 0 Å². The maximum Gasteiger partial charge on any atom is 0.254 e. The summed E-state index contributed by atoms with van der Waals surface area (Å²) in [6, 6.07) is 3.48. The fourth-order valence-electron chi connectivity index (χ4n) is 3.04. The standard InChI is InChI=1S/C18H25N5O2/c1-22(2)11-12-25-16-13-14(6-7-19-16)18(24)23-10-4-3-5-15(23)17-20-8-9-21-17/h6-9,13,15H,3-5,10-12H2,1-2H3,(H,20,21)/t15-/m0/s1. The first-order chi connectivity index (χ1) is 12.1. The number of H-pyrrole nitrogens is 1. The van der Waals surface area contributed by atoms with Gasteiger partial charge in [-0.25, -0.2) is 9.97 Å². The predicted octanol–water partition coefficient (Wildman–Crippen LogP) is 2.11. The fraction of sp³-hybridized carbons (Fsp3) is 0.500. The molecule has 1 amide bonds. The van der Waals surface area contributed by atoms with Gasteiger partial charge < -0.3 is 19.5 Å². The molecule has 2 aromatic rings. The molecule has 0 saturated carbocycles. The van der Waals surface area contributed by atoms with Gasteiger partial charge in [-0.15, -0.1) is 0 Å². The molecule has 1 N–H and O–H groups in total. The highest BCUT2D eigenvalue weighted by atomic mass is 16.5. The van der Waals surface area contributed by atoms with Crippen LogP contribution >= 0.6 is 0 Å². The number of hydrogen-bond donors (Lipinski definition) is 1. The third-order valence-electron chi connectivity index (χ3n) is 4.37. The number of rotatable bonds is 6. The van der Waals surface area contributed by atoms with Crippen molar-refractivity contribution in [3.63, 3.8) is 0 Å². The van der Waals surface area contributed by atoms with E-state index in [0.717, 1.165) is 38.2 Å². The van der Waals surface area contributed by atoms with E-state index < -0.39 is 0 Å². The summed E-state index contributed by atoms with van der Waals surface area (Å²) in [4.78, 5) is 28.7. The molecule has 1 fully saturated rings. The largest absolute Gasteiger partial charge is 0.476 e. The minimum Gasteiger partial charge on any atom is -0.476 e. The molecule has 2 aromatic heterocycles. The molecule has 0 radical (unpaired) electrons. The van der Waals surface area contributed by atoms with Crippen LogP contribution in [0.4, 0.5) is 0 Å². The van der Waals surface area contributed by atoms with Crippen LogP contribution in [0.5, 0.6) is 5.88 Å². The molecule has 0 aromatic carbocycles. The van der Waals surface area contributed by atoms with Crippen LogP contribution in [0.15, 0.2) is 30.7 Å². The molecule has 134 valence electrons. The topological polar surface area (TPSA) is 74.3 Å². The van der Waals surface area contributed by atoms with E-state index in [4.69, 9.17) is 4.74 Å². The molecule has 3 heterocycles. The van der Waals surface area contributed by atoms with Crippen LogP contribution in [0.1, 0.15) is 41.5 Å². The molecule has 0 bridgehead atoms. The van der Waals surface area contributed by atoms with Crippen molar-refractivity contribution >= 4 is 5.91 Å². The number of amides is 1. The lowest BCUT2D eigenvalue weighted by molar-refractivity contribution is 0.0600. The first-order valence-corrected chi connectivity index (χ1v) is 8.69. The third-order valence-corrected chi connectivity index (χ3v) is 4.37. The van der Waals surface area contributed by atoms with Crippen LogP contribution in [0.25, 0.3) is 0 Å². The molecule has 1 saturated heterocycles. The monoisotopic (exact) mass is 343 g/mol. The highest BCUT2D eigenvalue weighted by molar-refractivity contribution is 5.94. The van der Waals surface area contributed by atoms with E-state index in [1.54, 1.807) is 30.7 Å². The summed E-state index contributed by atoms with van der Waals surface area (Å²) in [6.45, 7) is 2.08. The third kappa shape index (κ3) is 4.36. The molecule has 1 aliphatic heterocycles. The molecule has 1 aliphatic rings. The average molecular weight is 343 g/mol. The highest BCUT2D eigenvalue weighted by Crippen LogP contribution is 2.30. The Hall–Kier alpha value is -2.41. The van der Waals surface area contributed by atoms with E-state index in [2.05, 4.69) is 15.0 Å². The number of aromatic amines is 1. The van der Waals surface area contributed by atoms with Crippen molar-refractivity contribution in [1.29, 1.82) is 0 Å². The zero-order valence-electron chi connectivity index (χ0n) is 14.8.